The Morgan fingerprint density at radius 3 is 2.62 bits per heavy atom. The predicted molar refractivity (Wildman–Crippen MR) is 97.1 cm³/mol. The quantitative estimate of drug-likeness (QED) is 0.731. The number of nitrogens with zero attached hydrogens (tertiary/aromatic N) is 2. The van der Waals surface area contributed by atoms with Gasteiger partial charge >= 0.3 is 6.09 Å². The van der Waals surface area contributed by atoms with Gasteiger partial charge in [0, 0.05) is 25.0 Å². The van der Waals surface area contributed by atoms with Gasteiger partial charge in [-0.1, -0.05) is 12.8 Å². The lowest BCUT2D eigenvalue weighted by Crippen LogP contribution is -2.41. The molecule has 2 rings (SSSR count). The average molecular weight is 332 g/mol. The molecule has 4 heteroatoms. The van der Waals surface area contributed by atoms with E-state index in [0.29, 0.717) is 0 Å². The van der Waals surface area contributed by atoms with Gasteiger partial charge in [0.05, 0.1) is 0 Å². The maximum atomic E-state index is 12.1. The van der Waals surface area contributed by atoms with E-state index in [0.717, 1.165) is 44.0 Å². The van der Waals surface area contributed by atoms with Crippen molar-refractivity contribution in [3.05, 3.63) is 29.6 Å². The van der Waals surface area contributed by atoms with Crippen LogP contribution in [0.1, 0.15) is 64.1 Å². The first-order chi connectivity index (χ1) is 11.3. The summed E-state index contributed by atoms with van der Waals surface area (Å²) in [5.41, 5.74) is 2.09. The number of aromatic nitrogens is 1. The molecule has 4 nitrogen and oxygen atoms in total. The number of aryl methyl sites for hydroxylation is 2. The topological polar surface area (TPSA) is 42.4 Å². The van der Waals surface area contributed by atoms with Crippen molar-refractivity contribution in [2.45, 2.75) is 71.8 Å². The molecule has 0 radical (unpaired) electrons. The summed E-state index contributed by atoms with van der Waals surface area (Å²) in [6.07, 6.45) is 8.85. The number of likely N-dealkylation sites (tertiary alicyclic amines) is 1. The second-order valence-corrected chi connectivity index (χ2v) is 7.96. The van der Waals surface area contributed by atoms with Gasteiger partial charge in [-0.3, -0.25) is 4.98 Å². The highest BCUT2D eigenvalue weighted by Gasteiger charge is 2.26. The molecule has 1 aliphatic rings. The van der Waals surface area contributed by atoms with Crippen molar-refractivity contribution >= 4 is 6.09 Å². The zero-order chi connectivity index (χ0) is 17.6. The first-order valence-electron chi connectivity index (χ1n) is 9.23. The molecular weight excluding hydrogens is 300 g/mol. The minimum Gasteiger partial charge on any atom is -0.444 e. The maximum Gasteiger partial charge on any atom is 0.410 e. The van der Waals surface area contributed by atoms with Gasteiger partial charge in [-0.15, -0.1) is 0 Å². The first kappa shape index (κ1) is 18.8. The molecule has 1 amide bonds. The van der Waals surface area contributed by atoms with E-state index < -0.39 is 5.60 Å². The van der Waals surface area contributed by atoms with Crippen molar-refractivity contribution in [1.82, 2.24) is 9.88 Å². The standard InChI is InChI=1S/C20H32N2O2/c1-16-15-18(9-12-21-16)8-6-5-7-17-10-13-22(14-11-17)19(23)24-20(2,3)4/h9,12,15,17H,5-8,10-11,13-14H2,1-4H3. The van der Waals surface area contributed by atoms with Crippen LogP contribution >= 0.6 is 0 Å². The first-order valence-corrected chi connectivity index (χ1v) is 9.23. The molecule has 0 spiro atoms. The van der Waals surface area contributed by atoms with Crippen LogP contribution in [0, 0.1) is 12.8 Å². The van der Waals surface area contributed by atoms with Crippen LogP contribution in [-0.4, -0.2) is 34.7 Å². The fraction of sp³-hybridized carbons (Fsp3) is 0.700. The number of ether oxygens (including phenoxy) is 1. The molecule has 134 valence electrons. The number of carbonyl (C=O) groups excluding carboxylic acids is 1. The molecule has 1 aliphatic heterocycles. The number of hydrogen-bond acceptors (Lipinski definition) is 3. The van der Waals surface area contributed by atoms with Crippen LogP contribution in [0.4, 0.5) is 4.79 Å². The van der Waals surface area contributed by atoms with Crippen LogP contribution in [0.5, 0.6) is 0 Å². The molecule has 0 aliphatic carbocycles. The molecule has 0 unspecified atom stereocenters. The summed E-state index contributed by atoms with van der Waals surface area (Å²) in [5, 5.41) is 0. The molecule has 0 atom stereocenters. The Bertz CT molecular complexity index is 529. The Hall–Kier alpha value is -1.58. The highest BCUT2D eigenvalue weighted by atomic mass is 16.6. The number of carbonyl (C=O) groups is 1. The Kier molecular flexibility index (Phi) is 6.64. The predicted octanol–water partition coefficient (Wildman–Crippen LogP) is 4.75. The van der Waals surface area contributed by atoms with E-state index >= 15 is 0 Å². The minimum atomic E-state index is -0.404. The van der Waals surface area contributed by atoms with Gasteiger partial charge in [-0.05, 0) is 77.0 Å². The third-order valence-electron chi connectivity index (χ3n) is 4.56. The van der Waals surface area contributed by atoms with E-state index in [1.165, 1.54) is 24.8 Å². The van der Waals surface area contributed by atoms with Gasteiger partial charge in [-0.25, -0.2) is 4.79 Å². The third kappa shape index (κ3) is 6.50. The molecule has 1 aromatic heterocycles. The molecule has 0 aromatic carbocycles. The summed E-state index contributed by atoms with van der Waals surface area (Å²) in [6.45, 7) is 9.47. The average Bonchev–Trinajstić information content (AvgIpc) is 2.50. The van der Waals surface area contributed by atoms with Gasteiger partial charge in [0.2, 0.25) is 0 Å². The van der Waals surface area contributed by atoms with E-state index in [9.17, 15) is 4.79 Å². The Morgan fingerprint density at radius 2 is 2.00 bits per heavy atom. The lowest BCUT2D eigenvalue weighted by molar-refractivity contribution is 0.0180. The van der Waals surface area contributed by atoms with Gasteiger partial charge in [-0.2, -0.15) is 0 Å². The Morgan fingerprint density at radius 1 is 1.29 bits per heavy atom. The zero-order valence-corrected chi connectivity index (χ0v) is 15.7. The van der Waals surface area contributed by atoms with Crippen molar-refractivity contribution in [1.29, 1.82) is 0 Å². The molecule has 1 aromatic rings. The van der Waals surface area contributed by atoms with Gasteiger partial charge in [0.15, 0.2) is 0 Å². The van der Waals surface area contributed by atoms with Crippen LogP contribution in [0.15, 0.2) is 18.3 Å². The lowest BCUT2D eigenvalue weighted by Gasteiger charge is -2.33. The highest BCUT2D eigenvalue weighted by Crippen LogP contribution is 2.24. The van der Waals surface area contributed by atoms with Crippen molar-refractivity contribution in [3.63, 3.8) is 0 Å². The van der Waals surface area contributed by atoms with Crippen molar-refractivity contribution in [2.24, 2.45) is 5.92 Å². The number of rotatable bonds is 5. The van der Waals surface area contributed by atoms with Crippen LogP contribution in [0.25, 0.3) is 0 Å². The minimum absolute atomic E-state index is 0.158. The van der Waals surface area contributed by atoms with Crippen molar-refractivity contribution in [2.75, 3.05) is 13.1 Å². The Labute approximate surface area is 146 Å². The van der Waals surface area contributed by atoms with Crippen molar-refractivity contribution < 1.29 is 9.53 Å². The summed E-state index contributed by atoms with van der Waals surface area (Å²) < 4.78 is 5.45. The molecule has 1 fully saturated rings. The van der Waals surface area contributed by atoms with Crippen molar-refractivity contribution in [3.8, 4) is 0 Å². The number of piperidine rings is 1. The molecule has 0 N–H and O–H groups in total. The summed E-state index contributed by atoms with van der Waals surface area (Å²) in [7, 11) is 0. The maximum absolute atomic E-state index is 12.1. The zero-order valence-electron chi connectivity index (χ0n) is 15.7. The normalized spacial score (nSPS) is 16.2. The molecule has 0 bridgehead atoms. The molecular formula is C20H32N2O2. The van der Waals surface area contributed by atoms with E-state index in [1.54, 1.807) is 0 Å². The van der Waals surface area contributed by atoms with E-state index in [1.807, 2.05) is 38.8 Å². The fourth-order valence-electron chi connectivity index (χ4n) is 3.25. The monoisotopic (exact) mass is 332 g/mol. The van der Waals surface area contributed by atoms with E-state index in [-0.39, 0.29) is 6.09 Å². The summed E-state index contributed by atoms with van der Waals surface area (Å²) >= 11 is 0. The second kappa shape index (κ2) is 8.50. The summed E-state index contributed by atoms with van der Waals surface area (Å²) in [6, 6.07) is 4.30. The summed E-state index contributed by atoms with van der Waals surface area (Å²) in [5.74, 6) is 0.753. The van der Waals surface area contributed by atoms with Crippen LogP contribution in [-0.2, 0) is 11.2 Å². The summed E-state index contributed by atoms with van der Waals surface area (Å²) in [4.78, 5) is 18.2. The number of hydrogen-bond donors (Lipinski definition) is 0. The van der Waals surface area contributed by atoms with Gasteiger partial charge < -0.3 is 9.64 Å². The lowest BCUT2D eigenvalue weighted by atomic mass is 9.91. The number of pyridine rings is 1. The SMILES string of the molecule is Cc1cc(CCCCC2CCN(C(=O)OC(C)(C)C)CC2)ccn1. The fourth-order valence-corrected chi connectivity index (χ4v) is 3.25. The van der Waals surface area contributed by atoms with Crippen LogP contribution < -0.4 is 0 Å². The molecule has 1 saturated heterocycles. The Balaban J connectivity index is 1.62. The van der Waals surface area contributed by atoms with Crippen LogP contribution in [0.2, 0.25) is 0 Å². The molecule has 24 heavy (non-hydrogen) atoms. The highest BCUT2D eigenvalue weighted by molar-refractivity contribution is 5.68. The second-order valence-electron chi connectivity index (χ2n) is 7.96. The third-order valence-corrected chi connectivity index (χ3v) is 4.56. The largest absolute Gasteiger partial charge is 0.444 e. The van der Waals surface area contributed by atoms with E-state index in [4.69, 9.17) is 4.74 Å². The molecule has 2 heterocycles. The van der Waals surface area contributed by atoms with Gasteiger partial charge in [0.1, 0.15) is 5.60 Å². The molecule has 0 saturated carbocycles. The van der Waals surface area contributed by atoms with Crippen LogP contribution in [0.3, 0.4) is 0 Å². The smallest absolute Gasteiger partial charge is 0.410 e. The number of amides is 1. The number of unbranched alkanes of at least 4 members (excludes halogenated alkanes) is 1. The van der Waals surface area contributed by atoms with Gasteiger partial charge in [0.25, 0.3) is 0 Å². The van der Waals surface area contributed by atoms with E-state index in [2.05, 4.69) is 17.1 Å².